The number of carbonyl (C=O) groups excluding carboxylic acids is 2. The maximum absolute atomic E-state index is 11.8. The van der Waals surface area contributed by atoms with Crippen LogP contribution in [0.25, 0.3) is 0 Å². The Morgan fingerprint density at radius 3 is 2.63 bits per heavy atom. The Morgan fingerprint density at radius 2 is 2.11 bits per heavy atom. The van der Waals surface area contributed by atoms with Crippen molar-refractivity contribution in [2.75, 3.05) is 7.11 Å². The highest BCUT2D eigenvalue weighted by Gasteiger charge is 2.29. The molecule has 19 heavy (non-hydrogen) atoms. The molecule has 104 valence electrons. The number of aliphatic imine (C=N–C) groups is 1. The Labute approximate surface area is 109 Å². The van der Waals surface area contributed by atoms with Gasteiger partial charge in [-0.15, -0.1) is 0 Å². The summed E-state index contributed by atoms with van der Waals surface area (Å²) >= 11 is 0. The van der Waals surface area contributed by atoms with E-state index in [1.165, 1.54) is 20.2 Å². The van der Waals surface area contributed by atoms with Crippen molar-refractivity contribution in [2.24, 2.45) is 10.9 Å². The fourth-order valence-corrected chi connectivity index (χ4v) is 1.51. The molecular formula is C12H15NO6. The van der Waals surface area contributed by atoms with Gasteiger partial charge in [0.1, 0.15) is 0 Å². The van der Waals surface area contributed by atoms with Crippen LogP contribution in [-0.2, 0) is 23.9 Å². The highest BCUT2D eigenvalue weighted by Crippen LogP contribution is 2.23. The van der Waals surface area contributed by atoms with Crippen molar-refractivity contribution in [3.63, 3.8) is 0 Å². The van der Waals surface area contributed by atoms with Gasteiger partial charge in [0.2, 0.25) is 0 Å². The van der Waals surface area contributed by atoms with Crippen molar-refractivity contribution >= 4 is 24.1 Å². The number of hydrogen-bond acceptors (Lipinski definition) is 6. The van der Waals surface area contributed by atoms with Gasteiger partial charge in [0.25, 0.3) is 0 Å². The van der Waals surface area contributed by atoms with Crippen LogP contribution in [0.3, 0.4) is 0 Å². The lowest BCUT2D eigenvalue weighted by atomic mass is 9.96. The number of esters is 2. The van der Waals surface area contributed by atoms with Crippen molar-refractivity contribution in [1.82, 2.24) is 0 Å². The van der Waals surface area contributed by atoms with E-state index in [0.29, 0.717) is 5.70 Å². The van der Waals surface area contributed by atoms with Crippen LogP contribution >= 0.6 is 0 Å². The Hall–Kier alpha value is -2.18. The predicted octanol–water partition coefficient (Wildman–Crippen LogP) is 0.540. The summed E-state index contributed by atoms with van der Waals surface area (Å²) in [6, 6.07) is 0. The van der Waals surface area contributed by atoms with Crippen molar-refractivity contribution in [3.05, 3.63) is 11.3 Å². The topological polar surface area (TPSA) is 102 Å². The summed E-state index contributed by atoms with van der Waals surface area (Å²) in [5.41, 5.74) is 0.591. The molecule has 0 saturated heterocycles. The van der Waals surface area contributed by atoms with E-state index in [0.717, 1.165) is 0 Å². The minimum atomic E-state index is -1.25. The van der Waals surface area contributed by atoms with Crippen molar-refractivity contribution in [1.29, 1.82) is 0 Å². The molecule has 1 N–H and O–H groups in total. The zero-order chi connectivity index (χ0) is 14.6. The summed E-state index contributed by atoms with van der Waals surface area (Å²) in [6.07, 6.45) is 0.237. The molecule has 2 atom stereocenters. The lowest BCUT2D eigenvalue weighted by Gasteiger charge is -2.18. The fraction of sp³-hybridized carbons (Fsp3) is 0.500. The Morgan fingerprint density at radius 1 is 1.47 bits per heavy atom. The second-order valence-electron chi connectivity index (χ2n) is 4.06. The standard InChI is InChI=1S/C12H15NO6/c1-6-9(12(17)19-7(2)10(14)15)4-8(5-13-6)11(16)18-3/h5,7-8H,4H2,1-3H3,(H,14,15). The number of aliphatic carboxylic acids is 1. The molecule has 0 saturated carbocycles. The molecule has 0 aromatic heterocycles. The molecule has 2 unspecified atom stereocenters. The van der Waals surface area contributed by atoms with Crippen LogP contribution in [0.1, 0.15) is 20.3 Å². The quantitative estimate of drug-likeness (QED) is 0.747. The zero-order valence-electron chi connectivity index (χ0n) is 10.9. The first-order valence-corrected chi connectivity index (χ1v) is 5.62. The van der Waals surface area contributed by atoms with Crippen LogP contribution in [0.4, 0.5) is 0 Å². The van der Waals surface area contributed by atoms with Crippen molar-refractivity contribution in [2.45, 2.75) is 26.4 Å². The molecule has 0 fully saturated rings. The van der Waals surface area contributed by atoms with Gasteiger partial charge in [-0.2, -0.15) is 0 Å². The first-order valence-electron chi connectivity index (χ1n) is 5.62. The molecule has 0 aromatic carbocycles. The average molecular weight is 269 g/mol. The van der Waals surface area contributed by atoms with Gasteiger partial charge in [0.15, 0.2) is 6.10 Å². The van der Waals surface area contributed by atoms with E-state index in [4.69, 9.17) is 9.84 Å². The SMILES string of the molecule is COC(=O)C1C=NC(C)=C(C(=O)OC(C)C(=O)O)C1. The minimum absolute atomic E-state index is 0.0905. The summed E-state index contributed by atoms with van der Waals surface area (Å²) in [5.74, 6) is -3.18. The van der Waals surface area contributed by atoms with Crippen LogP contribution in [0, 0.1) is 5.92 Å². The van der Waals surface area contributed by atoms with Gasteiger partial charge in [-0.05, 0) is 20.3 Å². The molecule has 1 rings (SSSR count). The molecular weight excluding hydrogens is 254 g/mol. The van der Waals surface area contributed by atoms with Gasteiger partial charge in [-0.3, -0.25) is 9.79 Å². The second-order valence-corrected chi connectivity index (χ2v) is 4.06. The lowest BCUT2D eigenvalue weighted by Crippen LogP contribution is -2.28. The average Bonchev–Trinajstić information content (AvgIpc) is 2.37. The highest BCUT2D eigenvalue weighted by molar-refractivity contribution is 5.97. The minimum Gasteiger partial charge on any atom is -0.479 e. The summed E-state index contributed by atoms with van der Waals surface area (Å²) in [4.78, 5) is 37.8. The molecule has 1 heterocycles. The molecule has 0 radical (unpaired) electrons. The largest absolute Gasteiger partial charge is 0.479 e. The number of carbonyl (C=O) groups is 3. The molecule has 7 heteroatoms. The van der Waals surface area contributed by atoms with Gasteiger partial charge in [-0.1, -0.05) is 0 Å². The third-order valence-electron chi connectivity index (χ3n) is 2.69. The summed E-state index contributed by atoms with van der Waals surface area (Å²) in [6.45, 7) is 2.84. The Kier molecular flexibility index (Phi) is 4.80. The molecule has 0 aliphatic carbocycles. The summed E-state index contributed by atoms with van der Waals surface area (Å²) in [5, 5.41) is 8.68. The Bertz CT molecular complexity index is 465. The molecule has 1 aliphatic heterocycles. The maximum Gasteiger partial charge on any atom is 0.344 e. The molecule has 0 spiro atoms. The smallest absolute Gasteiger partial charge is 0.344 e. The third-order valence-corrected chi connectivity index (χ3v) is 2.69. The van der Waals surface area contributed by atoms with Gasteiger partial charge in [0, 0.05) is 11.9 Å². The van der Waals surface area contributed by atoms with Crippen LogP contribution in [-0.4, -0.2) is 42.4 Å². The van der Waals surface area contributed by atoms with E-state index in [9.17, 15) is 14.4 Å². The number of methoxy groups -OCH3 is 1. The van der Waals surface area contributed by atoms with E-state index in [2.05, 4.69) is 9.73 Å². The normalized spacial score (nSPS) is 19.8. The highest BCUT2D eigenvalue weighted by atomic mass is 16.6. The van der Waals surface area contributed by atoms with Crippen molar-refractivity contribution in [3.8, 4) is 0 Å². The number of carboxylic acid groups (broad SMARTS) is 1. The number of hydrogen-bond donors (Lipinski definition) is 1. The van der Waals surface area contributed by atoms with Crippen LogP contribution in [0.15, 0.2) is 16.3 Å². The van der Waals surface area contributed by atoms with Gasteiger partial charge in [-0.25, -0.2) is 9.59 Å². The molecule has 0 bridgehead atoms. The summed E-state index contributed by atoms with van der Waals surface area (Å²) in [7, 11) is 1.24. The predicted molar refractivity (Wildman–Crippen MR) is 64.5 cm³/mol. The number of nitrogens with zero attached hydrogens (tertiary/aromatic N) is 1. The van der Waals surface area contributed by atoms with E-state index >= 15 is 0 Å². The second kappa shape index (κ2) is 6.12. The first kappa shape index (κ1) is 14.9. The Balaban J connectivity index is 2.81. The number of rotatable bonds is 4. The zero-order valence-corrected chi connectivity index (χ0v) is 10.9. The van der Waals surface area contributed by atoms with Crippen LogP contribution in [0.5, 0.6) is 0 Å². The third kappa shape index (κ3) is 3.64. The summed E-state index contributed by atoms with van der Waals surface area (Å²) < 4.78 is 9.33. The van der Waals surface area contributed by atoms with Gasteiger partial charge >= 0.3 is 17.9 Å². The molecule has 1 aliphatic rings. The molecule has 0 amide bonds. The van der Waals surface area contributed by atoms with Gasteiger partial charge < -0.3 is 14.6 Å². The fourth-order valence-electron chi connectivity index (χ4n) is 1.51. The van der Waals surface area contributed by atoms with Crippen LogP contribution < -0.4 is 0 Å². The lowest BCUT2D eigenvalue weighted by molar-refractivity contribution is -0.160. The number of carboxylic acids is 1. The van der Waals surface area contributed by atoms with E-state index in [1.54, 1.807) is 6.92 Å². The monoisotopic (exact) mass is 269 g/mol. The molecule has 0 aromatic rings. The molecule has 7 nitrogen and oxygen atoms in total. The number of ether oxygens (including phenoxy) is 2. The van der Waals surface area contributed by atoms with E-state index < -0.39 is 29.9 Å². The maximum atomic E-state index is 11.8. The van der Waals surface area contributed by atoms with E-state index in [1.807, 2.05) is 0 Å². The first-order chi connectivity index (χ1) is 8.86. The van der Waals surface area contributed by atoms with Crippen molar-refractivity contribution < 1.29 is 29.0 Å². The van der Waals surface area contributed by atoms with Gasteiger partial charge in [0.05, 0.1) is 18.6 Å². The van der Waals surface area contributed by atoms with Crippen LogP contribution in [0.2, 0.25) is 0 Å². The number of allylic oxidation sites excluding steroid dienone is 1. The van der Waals surface area contributed by atoms with E-state index in [-0.39, 0.29) is 12.0 Å².